The van der Waals surface area contributed by atoms with Gasteiger partial charge < -0.3 is 5.32 Å². The molecular formula is C21H20FN5O4. The first kappa shape index (κ1) is 21.6. The Morgan fingerprint density at radius 2 is 1.58 bits per heavy atom. The van der Waals surface area contributed by atoms with Gasteiger partial charge in [-0.3, -0.25) is 30.0 Å². The lowest BCUT2D eigenvalue weighted by Gasteiger charge is -2.22. The highest BCUT2D eigenvalue weighted by Gasteiger charge is 2.25. The molecule has 0 saturated carbocycles. The summed E-state index contributed by atoms with van der Waals surface area (Å²) in [4.78, 5) is 49.3. The van der Waals surface area contributed by atoms with Gasteiger partial charge in [0.15, 0.2) is 5.69 Å². The SMILES string of the molecule is CC(C)[C@H](NC(=O)c1ccc(F)cc1)C(=O)NNC(=O)c1n[nH]c(=O)c2ccccc12. The molecule has 9 nitrogen and oxygen atoms in total. The maximum Gasteiger partial charge on any atom is 0.290 e. The van der Waals surface area contributed by atoms with Crippen LogP contribution in [-0.2, 0) is 4.79 Å². The van der Waals surface area contributed by atoms with Gasteiger partial charge in [0.05, 0.1) is 5.39 Å². The number of benzene rings is 2. The Balaban J connectivity index is 1.70. The van der Waals surface area contributed by atoms with E-state index in [1.807, 2.05) is 0 Å². The molecule has 0 fully saturated rings. The molecule has 1 heterocycles. The Hall–Kier alpha value is -4.08. The van der Waals surface area contributed by atoms with Crippen molar-refractivity contribution in [2.75, 3.05) is 0 Å². The minimum absolute atomic E-state index is 0.0769. The van der Waals surface area contributed by atoms with Crippen LogP contribution in [0, 0.1) is 11.7 Å². The molecule has 3 aromatic rings. The number of hydrogen-bond donors (Lipinski definition) is 4. The molecule has 0 aliphatic heterocycles. The third kappa shape index (κ3) is 4.92. The van der Waals surface area contributed by atoms with Gasteiger partial charge in [-0.25, -0.2) is 9.49 Å². The number of fused-ring (bicyclic) bond motifs is 1. The van der Waals surface area contributed by atoms with Crippen LogP contribution in [0.4, 0.5) is 4.39 Å². The molecular weight excluding hydrogens is 405 g/mol. The van der Waals surface area contributed by atoms with Gasteiger partial charge >= 0.3 is 0 Å². The van der Waals surface area contributed by atoms with Crippen LogP contribution in [0.25, 0.3) is 10.8 Å². The summed E-state index contributed by atoms with van der Waals surface area (Å²) in [6.07, 6.45) is 0. The highest BCUT2D eigenvalue weighted by Crippen LogP contribution is 2.12. The number of hydrogen-bond acceptors (Lipinski definition) is 5. The molecule has 160 valence electrons. The van der Waals surface area contributed by atoms with E-state index in [2.05, 4.69) is 26.4 Å². The fourth-order valence-corrected chi connectivity index (χ4v) is 2.90. The van der Waals surface area contributed by atoms with E-state index in [1.165, 1.54) is 12.1 Å². The van der Waals surface area contributed by atoms with Gasteiger partial charge in [-0.2, -0.15) is 5.10 Å². The Morgan fingerprint density at radius 1 is 0.935 bits per heavy atom. The summed E-state index contributed by atoms with van der Waals surface area (Å²) in [7, 11) is 0. The lowest BCUT2D eigenvalue weighted by atomic mass is 10.0. The molecule has 0 spiro atoms. The van der Waals surface area contributed by atoms with Crippen LogP contribution in [0.3, 0.4) is 0 Å². The molecule has 10 heteroatoms. The van der Waals surface area contributed by atoms with E-state index in [9.17, 15) is 23.6 Å². The summed E-state index contributed by atoms with van der Waals surface area (Å²) < 4.78 is 13.0. The van der Waals surface area contributed by atoms with E-state index in [-0.39, 0.29) is 22.6 Å². The summed E-state index contributed by atoms with van der Waals surface area (Å²) in [5.74, 6) is -2.76. The van der Waals surface area contributed by atoms with Crippen LogP contribution in [0.2, 0.25) is 0 Å². The molecule has 0 aliphatic rings. The van der Waals surface area contributed by atoms with Gasteiger partial charge in [-0.05, 0) is 36.2 Å². The molecule has 0 bridgehead atoms. The second-order valence-corrected chi connectivity index (χ2v) is 7.09. The zero-order chi connectivity index (χ0) is 22.5. The number of rotatable bonds is 5. The van der Waals surface area contributed by atoms with E-state index in [0.29, 0.717) is 5.39 Å². The highest BCUT2D eigenvalue weighted by atomic mass is 19.1. The molecule has 0 aliphatic carbocycles. The molecule has 4 N–H and O–H groups in total. The van der Waals surface area contributed by atoms with E-state index in [4.69, 9.17) is 0 Å². The first-order valence-electron chi connectivity index (χ1n) is 9.42. The number of aromatic amines is 1. The number of hydrazine groups is 1. The lowest BCUT2D eigenvalue weighted by Crippen LogP contribution is -2.54. The van der Waals surface area contributed by atoms with Crippen LogP contribution in [0.15, 0.2) is 53.3 Å². The largest absolute Gasteiger partial charge is 0.340 e. The minimum atomic E-state index is -0.974. The van der Waals surface area contributed by atoms with Crippen molar-refractivity contribution in [2.45, 2.75) is 19.9 Å². The van der Waals surface area contributed by atoms with Crippen LogP contribution in [0.1, 0.15) is 34.7 Å². The first-order chi connectivity index (χ1) is 14.8. The van der Waals surface area contributed by atoms with E-state index < -0.39 is 35.1 Å². The number of halogens is 1. The van der Waals surface area contributed by atoms with Crippen LogP contribution < -0.4 is 21.7 Å². The van der Waals surface area contributed by atoms with Crippen molar-refractivity contribution in [3.63, 3.8) is 0 Å². The average molecular weight is 425 g/mol. The lowest BCUT2D eigenvalue weighted by molar-refractivity contribution is -0.124. The van der Waals surface area contributed by atoms with E-state index in [1.54, 1.807) is 38.1 Å². The third-order valence-corrected chi connectivity index (χ3v) is 4.55. The Morgan fingerprint density at radius 3 is 2.23 bits per heavy atom. The van der Waals surface area contributed by atoms with Crippen LogP contribution in [-0.4, -0.2) is 34.0 Å². The van der Waals surface area contributed by atoms with Crippen molar-refractivity contribution in [1.29, 1.82) is 0 Å². The quantitative estimate of drug-likeness (QED) is 0.457. The molecule has 3 amide bonds. The summed E-state index contributed by atoms with van der Waals surface area (Å²) >= 11 is 0. The number of nitrogens with one attached hydrogen (secondary N) is 4. The number of amides is 3. The fourth-order valence-electron chi connectivity index (χ4n) is 2.90. The number of nitrogens with zero attached hydrogens (tertiary/aromatic N) is 1. The molecule has 0 unspecified atom stereocenters. The topological polar surface area (TPSA) is 133 Å². The van der Waals surface area contributed by atoms with E-state index >= 15 is 0 Å². The molecule has 1 atom stereocenters. The van der Waals surface area contributed by atoms with Crippen molar-refractivity contribution in [2.24, 2.45) is 5.92 Å². The summed E-state index contributed by atoms with van der Waals surface area (Å²) in [5.41, 5.74) is 4.17. The third-order valence-electron chi connectivity index (χ3n) is 4.55. The number of carbonyl (C=O) groups is 3. The Labute approximate surface area is 176 Å². The smallest absolute Gasteiger partial charge is 0.290 e. The van der Waals surface area contributed by atoms with Crippen LogP contribution in [0.5, 0.6) is 0 Å². The fraction of sp³-hybridized carbons (Fsp3) is 0.190. The Kier molecular flexibility index (Phi) is 6.39. The van der Waals surface area contributed by atoms with Gasteiger partial charge in [0.25, 0.3) is 23.3 Å². The standard InChI is InChI=1S/C21H20FN5O4/c1-11(2)16(23-18(28)12-7-9-13(22)10-8-12)20(30)26-27-21(31)17-14-5-3-4-6-15(14)19(29)25-24-17/h3-11,16H,1-2H3,(H,23,28)(H,25,29)(H,26,30)(H,27,31)/t16-/m0/s1. The second-order valence-electron chi connectivity index (χ2n) is 7.09. The molecule has 3 rings (SSSR count). The number of carbonyl (C=O) groups excluding carboxylic acids is 3. The monoisotopic (exact) mass is 425 g/mol. The molecule has 31 heavy (non-hydrogen) atoms. The van der Waals surface area contributed by atoms with Crippen molar-refractivity contribution in [3.8, 4) is 0 Å². The predicted molar refractivity (Wildman–Crippen MR) is 110 cm³/mol. The maximum absolute atomic E-state index is 13.0. The zero-order valence-corrected chi connectivity index (χ0v) is 16.7. The maximum atomic E-state index is 13.0. The van der Waals surface area contributed by atoms with Crippen molar-refractivity contribution >= 4 is 28.5 Å². The minimum Gasteiger partial charge on any atom is -0.340 e. The molecule has 0 saturated heterocycles. The zero-order valence-electron chi connectivity index (χ0n) is 16.7. The van der Waals surface area contributed by atoms with Crippen LogP contribution >= 0.6 is 0 Å². The Bertz CT molecular complexity index is 1190. The van der Waals surface area contributed by atoms with E-state index in [0.717, 1.165) is 12.1 Å². The number of H-pyrrole nitrogens is 1. The molecule has 0 radical (unpaired) electrons. The van der Waals surface area contributed by atoms with Crippen molar-refractivity contribution in [1.82, 2.24) is 26.4 Å². The predicted octanol–water partition coefficient (Wildman–Crippen LogP) is 1.28. The molecule has 2 aromatic carbocycles. The summed E-state index contributed by atoms with van der Waals surface area (Å²) in [6.45, 7) is 3.43. The van der Waals surface area contributed by atoms with Crippen molar-refractivity contribution < 1.29 is 18.8 Å². The normalized spacial score (nSPS) is 11.7. The van der Waals surface area contributed by atoms with Gasteiger partial charge in [0.1, 0.15) is 11.9 Å². The van der Waals surface area contributed by atoms with Gasteiger partial charge in [0.2, 0.25) is 0 Å². The van der Waals surface area contributed by atoms with Gasteiger partial charge in [-0.15, -0.1) is 0 Å². The summed E-state index contributed by atoms with van der Waals surface area (Å²) in [6, 6.07) is 10.3. The van der Waals surface area contributed by atoms with Crippen molar-refractivity contribution in [3.05, 3.63) is 76.0 Å². The first-order valence-corrected chi connectivity index (χ1v) is 9.42. The average Bonchev–Trinajstić information content (AvgIpc) is 2.76. The molecule has 1 aromatic heterocycles. The second kappa shape index (κ2) is 9.16. The number of aromatic nitrogens is 2. The highest BCUT2D eigenvalue weighted by molar-refractivity contribution is 6.05. The van der Waals surface area contributed by atoms with Gasteiger partial charge in [0, 0.05) is 10.9 Å². The summed E-state index contributed by atoms with van der Waals surface area (Å²) in [5, 5.41) is 9.16. The van der Waals surface area contributed by atoms with Gasteiger partial charge in [-0.1, -0.05) is 32.0 Å².